The van der Waals surface area contributed by atoms with Crippen molar-refractivity contribution in [3.63, 3.8) is 0 Å². The monoisotopic (exact) mass is 493 g/mol. The Morgan fingerprint density at radius 3 is 2.74 bits per heavy atom. The Labute approximate surface area is 203 Å². The second-order valence-electron chi connectivity index (χ2n) is 8.97. The summed E-state index contributed by atoms with van der Waals surface area (Å²) in [6.07, 6.45) is 2.85. The predicted octanol–water partition coefficient (Wildman–Crippen LogP) is 4.31. The lowest BCUT2D eigenvalue weighted by atomic mass is 10.00. The Hall–Kier alpha value is -4.25. The van der Waals surface area contributed by atoms with Gasteiger partial charge in [0.15, 0.2) is 11.5 Å². The summed E-state index contributed by atoms with van der Waals surface area (Å²) in [6, 6.07) is 7.91. The first-order chi connectivity index (χ1) is 16.6. The molecule has 0 aliphatic heterocycles. The molecular weight excluding hydrogens is 473 g/mol. The molecule has 0 saturated carbocycles. The standard InChI is InChI=1S/C23H21ClFN9O/c1-23(2,3)33-21(35)12-9-34-18(19(26)27-10-28-34)17(12)11-4-5-14(13(25)8-11)29-22-30-15-6-7-16(24)31-20(15)32-22/h4-10H,1-3H3,(H,33,35)(H2,26,27,28)(H2,29,30,31,32). The van der Waals surface area contributed by atoms with Gasteiger partial charge in [0.25, 0.3) is 5.91 Å². The zero-order chi connectivity index (χ0) is 24.9. The molecule has 4 aromatic heterocycles. The minimum absolute atomic E-state index is 0.167. The number of carbonyl (C=O) groups excluding carboxylic acids is 1. The maximum atomic E-state index is 15.2. The summed E-state index contributed by atoms with van der Waals surface area (Å²) < 4.78 is 16.7. The van der Waals surface area contributed by atoms with Gasteiger partial charge in [-0.25, -0.2) is 18.9 Å². The van der Waals surface area contributed by atoms with E-state index in [4.69, 9.17) is 17.3 Å². The van der Waals surface area contributed by atoms with E-state index in [-0.39, 0.29) is 17.4 Å². The third kappa shape index (κ3) is 4.33. The number of aromatic nitrogens is 6. The molecule has 5 rings (SSSR count). The van der Waals surface area contributed by atoms with Crippen LogP contribution in [0, 0.1) is 5.82 Å². The number of H-pyrrole nitrogens is 1. The fourth-order valence-electron chi connectivity index (χ4n) is 3.74. The molecule has 35 heavy (non-hydrogen) atoms. The van der Waals surface area contributed by atoms with E-state index in [1.165, 1.54) is 16.9 Å². The van der Waals surface area contributed by atoms with E-state index in [0.717, 1.165) is 0 Å². The molecule has 0 aliphatic carbocycles. The lowest BCUT2D eigenvalue weighted by Gasteiger charge is -2.20. The number of hydrogen-bond donors (Lipinski definition) is 4. The largest absolute Gasteiger partial charge is 0.382 e. The minimum Gasteiger partial charge on any atom is -0.382 e. The number of anilines is 3. The fraction of sp³-hybridized carbons (Fsp3) is 0.174. The zero-order valence-corrected chi connectivity index (χ0v) is 19.8. The third-order valence-electron chi connectivity index (χ3n) is 5.16. The molecule has 0 unspecified atom stereocenters. The Morgan fingerprint density at radius 1 is 1.20 bits per heavy atom. The van der Waals surface area contributed by atoms with Crippen LogP contribution >= 0.6 is 11.6 Å². The number of aromatic amines is 1. The number of halogens is 2. The first kappa shape index (κ1) is 22.5. The fourth-order valence-corrected chi connectivity index (χ4v) is 3.88. The molecule has 0 saturated heterocycles. The van der Waals surface area contributed by atoms with E-state index >= 15 is 4.39 Å². The summed E-state index contributed by atoms with van der Waals surface area (Å²) in [5.74, 6) is -0.432. The molecule has 0 aliphatic rings. The highest BCUT2D eigenvalue weighted by molar-refractivity contribution is 6.29. The Morgan fingerprint density at radius 2 is 2.00 bits per heavy atom. The molecule has 0 atom stereocenters. The number of rotatable bonds is 4. The normalized spacial score (nSPS) is 11.8. The minimum atomic E-state index is -0.564. The molecule has 0 fully saturated rings. The topological polar surface area (TPSA) is 139 Å². The summed E-state index contributed by atoms with van der Waals surface area (Å²) in [5.41, 5.74) is 8.44. The molecule has 4 heterocycles. The Balaban J connectivity index is 1.56. The average Bonchev–Trinajstić information content (AvgIpc) is 3.35. The second-order valence-corrected chi connectivity index (χ2v) is 9.36. The van der Waals surface area contributed by atoms with E-state index < -0.39 is 11.4 Å². The number of pyridine rings is 1. The zero-order valence-electron chi connectivity index (χ0n) is 19.0. The van der Waals surface area contributed by atoms with Crippen LogP contribution in [0.1, 0.15) is 31.1 Å². The molecule has 0 bridgehead atoms. The van der Waals surface area contributed by atoms with Crippen LogP contribution in [0.15, 0.2) is 42.9 Å². The highest BCUT2D eigenvalue weighted by Gasteiger charge is 2.25. The molecule has 0 spiro atoms. The maximum absolute atomic E-state index is 15.2. The van der Waals surface area contributed by atoms with Gasteiger partial charge < -0.3 is 21.4 Å². The van der Waals surface area contributed by atoms with Crippen molar-refractivity contribution in [2.45, 2.75) is 26.3 Å². The average molecular weight is 494 g/mol. The van der Waals surface area contributed by atoms with Gasteiger partial charge in [-0.3, -0.25) is 4.79 Å². The quantitative estimate of drug-likeness (QED) is 0.273. The molecule has 0 radical (unpaired) electrons. The van der Waals surface area contributed by atoms with Crippen molar-refractivity contribution < 1.29 is 9.18 Å². The second kappa shape index (κ2) is 8.20. The van der Waals surface area contributed by atoms with Gasteiger partial charge in [-0.2, -0.15) is 10.1 Å². The van der Waals surface area contributed by atoms with E-state index in [2.05, 4.69) is 35.7 Å². The van der Waals surface area contributed by atoms with Gasteiger partial charge in [0.05, 0.1) is 16.8 Å². The van der Waals surface area contributed by atoms with Crippen molar-refractivity contribution in [1.82, 2.24) is 34.9 Å². The van der Waals surface area contributed by atoms with Crippen LogP contribution in [-0.2, 0) is 0 Å². The Kier molecular flexibility index (Phi) is 5.28. The number of nitrogens with two attached hydrogens (primary N) is 1. The number of carbonyl (C=O) groups is 1. The summed E-state index contributed by atoms with van der Waals surface area (Å²) >= 11 is 5.91. The summed E-state index contributed by atoms with van der Waals surface area (Å²) in [5, 5.41) is 10.3. The molecule has 1 aromatic carbocycles. The summed E-state index contributed by atoms with van der Waals surface area (Å²) in [4.78, 5) is 28.6. The molecule has 1 amide bonds. The molecule has 5 aromatic rings. The van der Waals surface area contributed by atoms with E-state index in [9.17, 15) is 4.79 Å². The van der Waals surface area contributed by atoms with Crippen molar-refractivity contribution in [1.29, 1.82) is 0 Å². The van der Waals surface area contributed by atoms with Crippen LogP contribution in [-0.4, -0.2) is 41.0 Å². The van der Waals surface area contributed by atoms with Crippen LogP contribution in [0.4, 0.5) is 21.8 Å². The van der Waals surface area contributed by atoms with Crippen LogP contribution < -0.4 is 16.4 Å². The maximum Gasteiger partial charge on any atom is 0.253 e. The predicted molar refractivity (Wildman–Crippen MR) is 132 cm³/mol. The van der Waals surface area contributed by atoms with Gasteiger partial charge in [-0.1, -0.05) is 17.7 Å². The number of amides is 1. The van der Waals surface area contributed by atoms with E-state index in [1.54, 1.807) is 30.5 Å². The van der Waals surface area contributed by atoms with Crippen LogP contribution in [0.3, 0.4) is 0 Å². The van der Waals surface area contributed by atoms with Crippen LogP contribution in [0.5, 0.6) is 0 Å². The van der Waals surface area contributed by atoms with Gasteiger partial charge in [-0.05, 0) is 50.6 Å². The van der Waals surface area contributed by atoms with Crippen molar-refractivity contribution in [3.8, 4) is 11.1 Å². The SMILES string of the molecule is CC(C)(C)NC(=O)c1cn2ncnc(N)c2c1-c1ccc(Nc2nc3nc(Cl)ccc3[nH]2)c(F)c1. The van der Waals surface area contributed by atoms with E-state index in [1.807, 2.05) is 20.8 Å². The number of nitrogens with zero attached hydrogens (tertiary/aromatic N) is 5. The van der Waals surface area contributed by atoms with Gasteiger partial charge >= 0.3 is 0 Å². The number of hydrogen-bond acceptors (Lipinski definition) is 7. The van der Waals surface area contributed by atoms with Gasteiger partial charge in [-0.15, -0.1) is 0 Å². The number of fused-ring (bicyclic) bond motifs is 2. The first-order valence-corrected chi connectivity index (χ1v) is 11.0. The van der Waals surface area contributed by atoms with Crippen molar-refractivity contribution in [2.24, 2.45) is 0 Å². The number of nitrogens with one attached hydrogen (secondary N) is 3. The third-order valence-corrected chi connectivity index (χ3v) is 5.37. The van der Waals surface area contributed by atoms with Gasteiger partial charge in [0.1, 0.15) is 22.8 Å². The van der Waals surface area contributed by atoms with Gasteiger partial charge in [0, 0.05) is 17.3 Å². The molecule has 12 heteroatoms. The smallest absolute Gasteiger partial charge is 0.253 e. The molecule has 178 valence electrons. The van der Waals surface area contributed by atoms with Crippen molar-refractivity contribution >= 4 is 51.6 Å². The number of imidazole rings is 1. The molecular formula is C23H21ClFN9O. The summed E-state index contributed by atoms with van der Waals surface area (Å²) in [6.45, 7) is 5.61. The highest BCUT2D eigenvalue weighted by atomic mass is 35.5. The highest BCUT2D eigenvalue weighted by Crippen LogP contribution is 2.34. The molecule has 10 nitrogen and oxygen atoms in total. The Bertz CT molecular complexity index is 1600. The van der Waals surface area contributed by atoms with Crippen molar-refractivity contribution in [3.05, 3.63) is 59.4 Å². The van der Waals surface area contributed by atoms with E-state index in [0.29, 0.717) is 44.5 Å². The lowest BCUT2D eigenvalue weighted by molar-refractivity contribution is 0.0920. The first-order valence-electron chi connectivity index (χ1n) is 10.6. The van der Waals surface area contributed by atoms with Crippen LogP contribution in [0.25, 0.3) is 27.8 Å². The lowest BCUT2D eigenvalue weighted by Crippen LogP contribution is -2.40. The molecule has 5 N–H and O–H groups in total. The number of nitrogen functional groups attached to an aromatic ring is 1. The summed E-state index contributed by atoms with van der Waals surface area (Å²) in [7, 11) is 0. The van der Waals surface area contributed by atoms with Crippen LogP contribution in [0.2, 0.25) is 5.15 Å². The van der Waals surface area contributed by atoms with Crippen molar-refractivity contribution in [2.75, 3.05) is 11.1 Å². The number of benzene rings is 1. The van der Waals surface area contributed by atoms with Gasteiger partial charge in [0.2, 0.25) is 5.95 Å².